The summed E-state index contributed by atoms with van der Waals surface area (Å²) < 4.78 is 0. The van der Waals surface area contributed by atoms with Crippen molar-refractivity contribution in [3.05, 3.63) is 0 Å². The lowest BCUT2D eigenvalue weighted by Gasteiger charge is -2.39. The molecule has 1 rings (SSSR count). The van der Waals surface area contributed by atoms with Crippen molar-refractivity contribution in [2.24, 2.45) is 23.7 Å². The lowest BCUT2D eigenvalue weighted by Crippen LogP contribution is -2.43. The average molecular weight is 197 g/mol. The Morgan fingerprint density at radius 1 is 1.14 bits per heavy atom. The van der Waals surface area contributed by atoms with E-state index < -0.39 is 0 Å². The Balaban J connectivity index is 2.57. The fourth-order valence-electron chi connectivity index (χ4n) is 3.26. The van der Waals surface area contributed by atoms with E-state index in [1.165, 1.54) is 19.3 Å². The molecular formula is C13H27N. The molecule has 1 aliphatic rings. The minimum absolute atomic E-state index is 0.720. The molecule has 0 aromatic heterocycles. The van der Waals surface area contributed by atoms with Gasteiger partial charge >= 0.3 is 0 Å². The molecule has 84 valence electrons. The van der Waals surface area contributed by atoms with Gasteiger partial charge < -0.3 is 5.32 Å². The predicted molar refractivity (Wildman–Crippen MR) is 63.4 cm³/mol. The summed E-state index contributed by atoms with van der Waals surface area (Å²) in [6, 6.07) is 0.720. The summed E-state index contributed by atoms with van der Waals surface area (Å²) in [5.74, 6) is 3.52. The maximum atomic E-state index is 3.52. The van der Waals surface area contributed by atoms with E-state index in [2.05, 4.69) is 40.1 Å². The lowest BCUT2D eigenvalue weighted by molar-refractivity contribution is 0.139. The largest absolute Gasteiger partial charge is 0.316 e. The van der Waals surface area contributed by atoms with E-state index in [0.29, 0.717) is 0 Å². The van der Waals surface area contributed by atoms with Crippen LogP contribution in [0.3, 0.4) is 0 Å². The molecule has 1 nitrogen and oxygen atoms in total. The quantitative estimate of drug-likeness (QED) is 0.732. The van der Waals surface area contributed by atoms with E-state index in [1.54, 1.807) is 0 Å². The minimum Gasteiger partial charge on any atom is -0.316 e. The number of hydrogen-bond donors (Lipinski definition) is 1. The van der Waals surface area contributed by atoms with E-state index in [0.717, 1.165) is 29.7 Å². The van der Waals surface area contributed by atoms with Gasteiger partial charge in [0.05, 0.1) is 0 Å². The van der Waals surface area contributed by atoms with E-state index in [4.69, 9.17) is 0 Å². The van der Waals surface area contributed by atoms with Crippen LogP contribution in [-0.2, 0) is 0 Å². The molecule has 1 saturated carbocycles. The predicted octanol–water partition coefficient (Wildman–Crippen LogP) is 3.30. The molecule has 14 heavy (non-hydrogen) atoms. The third-order valence-corrected chi connectivity index (χ3v) is 4.01. The van der Waals surface area contributed by atoms with E-state index >= 15 is 0 Å². The Kier molecular flexibility index (Phi) is 4.43. The highest BCUT2D eigenvalue weighted by molar-refractivity contribution is 4.85. The Morgan fingerprint density at radius 3 is 2.21 bits per heavy atom. The Morgan fingerprint density at radius 2 is 1.79 bits per heavy atom. The van der Waals surface area contributed by atoms with Gasteiger partial charge in [-0.3, -0.25) is 0 Å². The zero-order valence-corrected chi connectivity index (χ0v) is 10.5. The summed E-state index contributed by atoms with van der Waals surface area (Å²) in [6.07, 6.45) is 4.28. The van der Waals surface area contributed by atoms with Crippen molar-refractivity contribution in [3.8, 4) is 0 Å². The van der Waals surface area contributed by atoms with Gasteiger partial charge in [-0.1, -0.05) is 34.1 Å². The van der Waals surface area contributed by atoms with Gasteiger partial charge in [0, 0.05) is 6.04 Å². The first-order valence-corrected chi connectivity index (χ1v) is 6.23. The second-order valence-corrected chi connectivity index (χ2v) is 5.62. The molecule has 1 N–H and O–H groups in total. The van der Waals surface area contributed by atoms with Gasteiger partial charge in [0.25, 0.3) is 0 Å². The topological polar surface area (TPSA) is 12.0 Å². The molecule has 1 heteroatoms. The molecule has 0 heterocycles. The van der Waals surface area contributed by atoms with Crippen molar-refractivity contribution < 1.29 is 0 Å². The van der Waals surface area contributed by atoms with Crippen LogP contribution < -0.4 is 5.32 Å². The van der Waals surface area contributed by atoms with Gasteiger partial charge in [-0.25, -0.2) is 0 Å². The number of hydrogen-bond acceptors (Lipinski definition) is 1. The van der Waals surface area contributed by atoms with Crippen LogP contribution in [-0.4, -0.2) is 13.1 Å². The van der Waals surface area contributed by atoms with Gasteiger partial charge in [-0.05, 0) is 43.6 Å². The molecule has 0 radical (unpaired) electrons. The van der Waals surface area contributed by atoms with Crippen LogP contribution in [0.4, 0.5) is 0 Å². The maximum Gasteiger partial charge on any atom is 0.0118 e. The van der Waals surface area contributed by atoms with Gasteiger partial charge in [0.15, 0.2) is 0 Å². The molecule has 4 atom stereocenters. The highest BCUT2D eigenvalue weighted by atomic mass is 14.9. The molecule has 0 bridgehead atoms. The molecule has 0 aromatic rings. The van der Waals surface area contributed by atoms with Crippen LogP contribution in [0.25, 0.3) is 0 Å². The molecule has 1 fully saturated rings. The van der Waals surface area contributed by atoms with Crippen LogP contribution in [0.1, 0.15) is 47.0 Å². The Bertz CT molecular complexity index is 165. The average Bonchev–Trinajstić information content (AvgIpc) is 2.09. The van der Waals surface area contributed by atoms with E-state index in [1.807, 2.05) is 0 Å². The first-order valence-electron chi connectivity index (χ1n) is 6.23. The van der Waals surface area contributed by atoms with Crippen LogP contribution in [0.5, 0.6) is 0 Å². The summed E-state index contributed by atoms with van der Waals surface area (Å²) in [6.45, 7) is 9.52. The van der Waals surface area contributed by atoms with E-state index in [-0.39, 0.29) is 0 Å². The minimum atomic E-state index is 0.720. The standard InChI is InChI=1S/C13H27N/c1-9(2)13(14-5)12-7-6-10(3)8-11(12)4/h9-14H,6-8H2,1-5H3. The van der Waals surface area contributed by atoms with Gasteiger partial charge in [0.2, 0.25) is 0 Å². The third kappa shape index (κ3) is 2.73. The molecule has 0 saturated heterocycles. The first-order chi connectivity index (χ1) is 6.56. The highest BCUT2D eigenvalue weighted by Gasteiger charge is 2.32. The van der Waals surface area contributed by atoms with E-state index in [9.17, 15) is 0 Å². The summed E-state index contributed by atoms with van der Waals surface area (Å²) in [5, 5.41) is 3.52. The molecule has 0 spiro atoms. The van der Waals surface area contributed by atoms with Crippen molar-refractivity contribution in [3.63, 3.8) is 0 Å². The van der Waals surface area contributed by atoms with Crippen molar-refractivity contribution in [1.82, 2.24) is 5.32 Å². The second kappa shape index (κ2) is 5.16. The highest BCUT2D eigenvalue weighted by Crippen LogP contribution is 2.36. The summed E-state index contributed by atoms with van der Waals surface area (Å²) >= 11 is 0. The Labute approximate surface area is 89.7 Å². The fourth-order valence-corrected chi connectivity index (χ4v) is 3.26. The molecule has 0 aliphatic heterocycles. The third-order valence-electron chi connectivity index (χ3n) is 4.01. The lowest BCUT2D eigenvalue weighted by atomic mass is 9.70. The zero-order valence-electron chi connectivity index (χ0n) is 10.5. The van der Waals surface area contributed by atoms with Crippen molar-refractivity contribution in [1.29, 1.82) is 0 Å². The number of rotatable bonds is 3. The van der Waals surface area contributed by atoms with Crippen LogP contribution in [0.2, 0.25) is 0 Å². The zero-order chi connectivity index (χ0) is 10.7. The monoisotopic (exact) mass is 197 g/mol. The van der Waals surface area contributed by atoms with Gasteiger partial charge in [-0.15, -0.1) is 0 Å². The molecule has 1 aliphatic carbocycles. The molecule has 0 aromatic carbocycles. The SMILES string of the molecule is CNC(C(C)C)C1CCC(C)CC1C. The normalized spacial score (nSPS) is 36.0. The number of nitrogens with one attached hydrogen (secondary N) is 1. The van der Waals surface area contributed by atoms with Crippen LogP contribution in [0.15, 0.2) is 0 Å². The van der Waals surface area contributed by atoms with Gasteiger partial charge in [0.1, 0.15) is 0 Å². The second-order valence-electron chi connectivity index (χ2n) is 5.62. The Hall–Kier alpha value is -0.0400. The maximum absolute atomic E-state index is 3.52. The summed E-state index contributed by atoms with van der Waals surface area (Å²) in [5.41, 5.74) is 0. The summed E-state index contributed by atoms with van der Waals surface area (Å²) in [4.78, 5) is 0. The van der Waals surface area contributed by atoms with Gasteiger partial charge in [-0.2, -0.15) is 0 Å². The first kappa shape index (κ1) is 12.0. The van der Waals surface area contributed by atoms with Crippen LogP contribution in [0, 0.1) is 23.7 Å². The molecule has 4 unspecified atom stereocenters. The summed E-state index contributed by atoms with van der Waals surface area (Å²) in [7, 11) is 2.12. The molecular weight excluding hydrogens is 170 g/mol. The smallest absolute Gasteiger partial charge is 0.0118 e. The van der Waals surface area contributed by atoms with Crippen molar-refractivity contribution in [2.45, 2.75) is 53.0 Å². The fraction of sp³-hybridized carbons (Fsp3) is 1.00. The van der Waals surface area contributed by atoms with Crippen molar-refractivity contribution in [2.75, 3.05) is 7.05 Å². The molecule has 0 amide bonds. The van der Waals surface area contributed by atoms with Crippen molar-refractivity contribution >= 4 is 0 Å². The van der Waals surface area contributed by atoms with Crippen LogP contribution >= 0.6 is 0 Å².